The van der Waals surface area contributed by atoms with E-state index in [2.05, 4.69) is 0 Å². The average molecular weight is 276 g/mol. The third kappa shape index (κ3) is 2.47. The van der Waals surface area contributed by atoms with Crippen molar-refractivity contribution in [3.05, 3.63) is 24.3 Å². The van der Waals surface area contributed by atoms with Crippen LogP contribution in [0.3, 0.4) is 0 Å². The van der Waals surface area contributed by atoms with Crippen LogP contribution in [0.5, 0.6) is 11.5 Å². The van der Waals surface area contributed by atoms with Crippen LogP contribution in [-0.2, 0) is 9.53 Å². The molecule has 108 valence electrons. The highest BCUT2D eigenvalue weighted by molar-refractivity contribution is 5.76. The van der Waals surface area contributed by atoms with E-state index in [-0.39, 0.29) is 12.1 Å². The number of carbonyl (C=O) groups is 1. The van der Waals surface area contributed by atoms with E-state index in [1.54, 1.807) is 0 Å². The van der Waals surface area contributed by atoms with Gasteiger partial charge in [-0.05, 0) is 25.0 Å². The second-order valence-electron chi connectivity index (χ2n) is 5.49. The number of hydrogen-bond donors (Lipinski definition) is 0. The Balaban J connectivity index is 1.87. The van der Waals surface area contributed by atoms with Gasteiger partial charge in [0.2, 0.25) is 6.10 Å². The molecule has 4 nitrogen and oxygen atoms in total. The second-order valence-corrected chi connectivity index (χ2v) is 5.49. The van der Waals surface area contributed by atoms with E-state index in [9.17, 15) is 4.79 Å². The Hall–Kier alpha value is -1.71. The standard InChI is InChI=1S/C16H20O4/c1-18-16(17)15-14(11-7-3-2-4-8-11)19-12-9-5-6-10-13(12)20-15/h5-6,9-11,14-15H,2-4,7-8H2,1H3/t14-,15-/m0/s1. The van der Waals surface area contributed by atoms with E-state index < -0.39 is 6.10 Å². The predicted molar refractivity (Wildman–Crippen MR) is 73.9 cm³/mol. The molecule has 1 heterocycles. The van der Waals surface area contributed by atoms with Gasteiger partial charge in [-0.25, -0.2) is 4.79 Å². The third-order valence-electron chi connectivity index (χ3n) is 4.21. The highest BCUT2D eigenvalue weighted by Gasteiger charge is 2.42. The molecule has 1 aromatic carbocycles. The van der Waals surface area contributed by atoms with Gasteiger partial charge in [0.1, 0.15) is 6.10 Å². The van der Waals surface area contributed by atoms with Crippen molar-refractivity contribution in [3.63, 3.8) is 0 Å². The van der Waals surface area contributed by atoms with Crippen LogP contribution >= 0.6 is 0 Å². The number of rotatable bonds is 2. The van der Waals surface area contributed by atoms with Gasteiger partial charge in [0.15, 0.2) is 11.5 Å². The van der Waals surface area contributed by atoms with Crippen molar-refractivity contribution >= 4 is 5.97 Å². The van der Waals surface area contributed by atoms with Crippen LogP contribution in [-0.4, -0.2) is 25.3 Å². The number of ether oxygens (including phenoxy) is 3. The molecule has 1 fully saturated rings. The van der Waals surface area contributed by atoms with Crippen molar-refractivity contribution in [1.29, 1.82) is 0 Å². The first-order valence-electron chi connectivity index (χ1n) is 7.30. The first-order chi connectivity index (χ1) is 9.79. The zero-order valence-corrected chi connectivity index (χ0v) is 11.7. The fraction of sp³-hybridized carbons (Fsp3) is 0.562. The lowest BCUT2D eigenvalue weighted by Crippen LogP contribution is -2.50. The second kappa shape index (κ2) is 5.73. The fourth-order valence-corrected chi connectivity index (χ4v) is 3.16. The molecular weight excluding hydrogens is 256 g/mol. The molecule has 0 bridgehead atoms. The highest BCUT2D eigenvalue weighted by atomic mass is 16.6. The third-order valence-corrected chi connectivity index (χ3v) is 4.21. The summed E-state index contributed by atoms with van der Waals surface area (Å²) in [5.74, 6) is 1.36. The summed E-state index contributed by atoms with van der Waals surface area (Å²) < 4.78 is 16.8. The quantitative estimate of drug-likeness (QED) is 0.779. The van der Waals surface area contributed by atoms with Gasteiger partial charge in [0.05, 0.1) is 7.11 Å². The minimum atomic E-state index is -0.655. The Morgan fingerprint density at radius 2 is 1.75 bits per heavy atom. The van der Waals surface area contributed by atoms with Crippen LogP contribution in [0, 0.1) is 5.92 Å². The van der Waals surface area contributed by atoms with Crippen LogP contribution in [0.1, 0.15) is 32.1 Å². The van der Waals surface area contributed by atoms with Crippen LogP contribution in [0.15, 0.2) is 24.3 Å². The van der Waals surface area contributed by atoms with Crippen molar-refractivity contribution in [2.24, 2.45) is 5.92 Å². The number of esters is 1. The number of benzene rings is 1. The number of para-hydroxylation sites is 2. The summed E-state index contributed by atoms with van der Waals surface area (Å²) in [5.41, 5.74) is 0. The van der Waals surface area contributed by atoms with Crippen LogP contribution in [0.25, 0.3) is 0 Å². The van der Waals surface area contributed by atoms with Gasteiger partial charge in [0.25, 0.3) is 0 Å². The molecule has 2 aliphatic rings. The summed E-state index contributed by atoms with van der Waals surface area (Å²) in [6.45, 7) is 0. The van der Waals surface area contributed by atoms with Crippen molar-refractivity contribution < 1.29 is 19.0 Å². The van der Waals surface area contributed by atoms with Crippen molar-refractivity contribution in [3.8, 4) is 11.5 Å². The van der Waals surface area contributed by atoms with Gasteiger partial charge in [-0.2, -0.15) is 0 Å². The van der Waals surface area contributed by atoms with Crippen LogP contribution < -0.4 is 9.47 Å². The lowest BCUT2D eigenvalue weighted by Gasteiger charge is -2.38. The van der Waals surface area contributed by atoms with Crippen molar-refractivity contribution in [2.75, 3.05) is 7.11 Å². The van der Waals surface area contributed by atoms with Gasteiger partial charge >= 0.3 is 5.97 Å². The molecule has 1 aliphatic carbocycles. The Morgan fingerprint density at radius 3 is 2.40 bits per heavy atom. The van der Waals surface area contributed by atoms with Gasteiger partial charge < -0.3 is 14.2 Å². The Labute approximate surface area is 119 Å². The van der Waals surface area contributed by atoms with Gasteiger partial charge in [-0.15, -0.1) is 0 Å². The number of fused-ring (bicyclic) bond motifs is 1. The van der Waals surface area contributed by atoms with Crippen molar-refractivity contribution in [2.45, 2.75) is 44.3 Å². The summed E-state index contributed by atoms with van der Waals surface area (Å²) in [7, 11) is 1.39. The summed E-state index contributed by atoms with van der Waals surface area (Å²) in [6.07, 6.45) is 4.94. The molecule has 2 atom stereocenters. The number of methoxy groups -OCH3 is 1. The molecule has 0 saturated heterocycles. The first kappa shape index (κ1) is 13.3. The average Bonchev–Trinajstić information content (AvgIpc) is 2.53. The largest absolute Gasteiger partial charge is 0.482 e. The first-order valence-corrected chi connectivity index (χ1v) is 7.30. The van der Waals surface area contributed by atoms with Crippen LogP contribution in [0.2, 0.25) is 0 Å². The molecule has 1 aliphatic heterocycles. The molecular formula is C16H20O4. The maximum absolute atomic E-state index is 12.0. The number of carbonyl (C=O) groups excluding carboxylic acids is 1. The molecule has 0 spiro atoms. The maximum Gasteiger partial charge on any atom is 0.351 e. The lowest BCUT2D eigenvalue weighted by atomic mass is 9.83. The Morgan fingerprint density at radius 1 is 1.10 bits per heavy atom. The zero-order chi connectivity index (χ0) is 13.9. The molecule has 1 aromatic rings. The monoisotopic (exact) mass is 276 g/mol. The molecule has 0 radical (unpaired) electrons. The number of hydrogen-bond acceptors (Lipinski definition) is 4. The molecule has 0 N–H and O–H groups in total. The van der Waals surface area contributed by atoms with Gasteiger partial charge in [-0.3, -0.25) is 0 Å². The van der Waals surface area contributed by atoms with E-state index in [0.717, 1.165) is 18.6 Å². The minimum Gasteiger partial charge on any atom is -0.482 e. The predicted octanol–water partition coefficient (Wildman–Crippen LogP) is 2.95. The SMILES string of the molecule is COC(=O)[C@H]1Oc2ccccc2O[C@H]1C1CCCCC1. The summed E-state index contributed by atoms with van der Waals surface area (Å²) >= 11 is 0. The topological polar surface area (TPSA) is 44.8 Å². The van der Waals surface area contributed by atoms with Crippen LogP contribution in [0.4, 0.5) is 0 Å². The smallest absolute Gasteiger partial charge is 0.351 e. The minimum absolute atomic E-state index is 0.238. The molecule has 0 amide bonds. The molecule has 3 rings (SSSR count). The lowest BCUT2D eigenvalue weighted by molar-refractivity contribution is -0.158. The van der Waals surface area contributed by atoms with E-state index in [1.807, 2.05) is 24.3 Å². The molecule has 1 saturated carbocycles. The summed E-state index contributed by atoms with van der Waals surface area (Å²) in [4.78, 5) is 12.0. The summed E-state index contributed by atoms with van der Waals surface area (Å²) in [6, 6.07) is 7.50. The van der Waals surface area contributed by atoms with Gasteiger partial charge in [-0.1, -0.05) is 31.4 Å². The highest BCUT2D eigenvalue weighted by Crippen LogP contribution is 2.39. The van der Waals surface area contributed by atoms with E-state index in [1.165, 1.54) is 26.4 Å². The molecule has 20 heavy (non-hydrogen) atoms. The van der Waals surface area contributed by atoms with Gasteiger partial charge in [0, 0.05) is 5.92 Å². The Bertz CT molecular complexity index is 479. The van der Waals surface area contributed by atoms with E-state index >= 15 is 0 Å². The summed E-state index contributed by atoms with van der Waals surface area (Å²) in [5, 5.41) is 0. The maximum atomic E-state index is 12.0. The van der Waals surface area contributed by atoms with E-state index in [0.29, 0.717) is 11.7 Å². The Kier molecular flexibility index (Phi) is 3.81. The van der Waals surface area contributed by atoms with Crippen molar-refractivity contribution in [1.82, 2.24) is 0 Å². The zero-order valence-electron chi connectivity index (χ0n) is 11.7. The molecule has 0 unspecified atom stereocenters. The molecule has 4 heteroatoms. The molecule has 0 aromatic heterocycles. The normalized spacial score (nSPS) is 26.1. The van der Waals surface area contributed by atoms with E-state index in [4.69, 9.17) is 14.2 Å². The fourth-order valence-electron chi connectivity index (χ4n) is 3.16.